The fraction of sp³-hybridized carbons (Fsp3) is 0.0857. The largest absolute Gasteiger partial charge is 0.298 e. The summed E-state index contributed by atoms with van der Waals surface area (Å²) in [6.45, 7) is 0. The number of nitrogens with zero attached hydrogens (tertiary/aromatic N) is 4. The van der Waals surface area contributed by atoms with Crippen molar-refractivity contribution in [3.8, 4) is 6.07 Å². The van der Waals surface area contributed by atoms with E-state index in [4.69, 9.17) is 5.26 Å². The summed E-state index contributed by atoms with van der Waals surface area (Å²) in [7, 11) is 0. The molecule has 0 radical (unpaired) electrons. The Morgan fingerprint density at radius 1 is 0.780 bits per heavy atom. The van der Waals surface area contributed by atoms with Crippen LogP contribution >= 0.6 is 0 Å². The lowest BCUT2D eigenvalue weighted by molar-refractivity contribution is -0.120. The van der Waals surface area contributed by atoms with Crippen LogP contribution in [0.15, 0.2) is 110 Å². The second-order valence-corrected chi connectivity index (χ2v) is 9.89. The Hall–Kier alpha value is -5.54. The highest BCUT2D eigenvalue weighted by Crippen LogP contribution is 2.35. The van der Waals surface area contributed by atoms with Gasteiger partial charge >= 0.3 is 0 Å². The average Bonchev–Trinajstić information content (AvgIpc) is 3.03. The summed E-state index contributed by atoms with van der Waals surface area (Å²) >= 11 is 0. The zero-order chi connectivity index (χ0) is 28.2. The first kappa shape index (κ1) is 25.7. The molecule has 6 heteroatoms. The van der Waals surface area contributed by atoms with Crippen LogP contribution in [0.4, 0.5) is 0 Å². The Labute approximate surface area is 236 Å². The number of carbonyl (C=O) groups excluding carboxylic acids is 2. The van der Waals surface area contributed by atoms with E-state index in [0.717, 1.165) is 37.6 Å². The van der Waals surface area contributed by atoms with Gasteiger partial charge in [0.05, 0.1) is 12.1 Å². The molecule has 0 fully saturated rings. The van der Waals surface area contributed by atoms with Crippen molar-refractivity contribution in [1.82, 2.24) is 15.2 Å². The number of Topliss-reactive ketones (excluding diaryl/α,β-unsaturated/α-hetero) is 2. The van der Waals surface area contributed by atoms with Crippen molar-refractivity contribution in [2.24, 2.45) is 0 Å². The molecule has 5 aromatic rings. The van der Waals surface area contributed by atoms with Gasteiger partial charge in [0.25, 0.3) is 0 Å². The van der Waals surface area contributed by atoms with E-state index >= 15 is 0 Å². The van der Waals surface area contributed by atoms with E-state index in [2.05, 4.69) is 39.4 Å². The van der Waals surface area contributed by atoms with Crippen molar-refractivity contribution >= 4 is 23.7 Å². The molecule has 4 aromatic carbocycles. The molecule has 0 N–H and O–H groups in total. The molecule has 196 valence electrons. The highest BCUT2D eigenvalue weighted by atomic mass is 16.1. The number of ketones is 2. The van der Waals surface area contributed by atoms with E-state index in [1.807, 2.05) is 78.9 Å². The van der Waals surface area contributed by atoms with Crippen LogP contribution in [0.5, 0.6) is 0 Å². The van der Waals surface area contributed by atoms with E-state index in [0.29, 0.717) is 12.0 Å². The zero-order valence-electron chi connectivity index (χ0n) is 22.0. The van der Waals surface area contributed by atoms with Crippen molar-refractivity contribution in [1.29, 1.82) is 5.26 Å². The van der Waals surface area contributed by atoms with E-state index < -0.39 is 0 Å². The number of nitriles is 1. The zero-order valence-corrected chi connectivity index (χ0v) is 22.0. The van der Waals surface area contributed by atoms with E-state index in [1.54, 1.807) is 12.1 Å². The molecular weight excluding hydrogens is 508 g/mol. The molecule has 1 heterocycles. The van der Waals surface area contributed by atoms with Crippen LogP contribution in [-0.2, 0) is 11.2 Å². The lowest BCUT2D eigenvalue weighted by atomic mass is 9.73. The minimum Gasteiger partial charge on any atom is -0.298 e. The molecule has 0 aliphatic heterocycles. The Morgan fingerprint density at radius 3 is 2.22 bits per heavy atom. The van der Waals surface area contributed by atoms with Crippen molar-refractivity contribution in [2.45, 2.75) is 18.3 Å². The van der Waals surface area contributed by atoms with Crippen molar-refractivity contribution in [3.05, 3.63) is 158 Å². The third kappa shape index (κ3) is 5.09. The van der Waals surface area contributed by atoms with Crippen molar-refractivity contribution in [3.63, 3.8) is 0 Å². The van der Waals surface area contributed by atoms with Crippen LogP contribution in [-0.4, -0.2) is 26.7 Å². The van der Waals surface area contributed by atoms with Gasteiger partial charge in [-0.25, -0.2) is 4.98 Å². The number of benzene rings is 4. The van der Waals surface area contributed by atoms with Gasteiger partial charge in [0, 0.05) is 11.5 Å². The summed E-state index contributed by atoms with van der Waals surface area (Å²) in [5, 5.41) is 18.8. The molecule has 2 aliphatic rings. The first-order chi connectivity index (χ1) is 20.1. The average molecular weight is 533 g/mol. The van der Waals surface area contributed by atoms with Gasteiger partial charge in [-0.05, 0) is 50.1 Å². The molecule has 6 nitrogen and oxygen atoms in total. The van der Waals surface area contributed by atoms with Gasteiger partial charge in [0.15, 0.2) is 17.3 Å². The first-order valence-corrected chi connectivity index (χ1v) is 13.3. The maximum Gasteiger partial charge on any atom is 0.187 e. The molecule has 2 aliphatic carbocycles. The molecule has 2 unspecified atom stereocenters. The van der Waals surface area contributed by atoms with Gasteiger partial charge in [-0.3, -0.25) is 9.59 Å². The summed E-state index contributed by atoms with van der Waals surface area (Å²) in [5.41, 5.74) is 3.90. The normalized spacial score (nSPS) is 16.4. The number of hydrogen-bond acceptors (Lipinski definition) is 6. The summed E-state index contributed by atoms with van der Waals surface area (Å²) in [6.07, 6.45) is 6.97. The lowest BCUT2D eigenvalue weighted by Crippen LogP contribution is -2.35. The topological polar surface area (TPSA) is 96.6 Å². The second kappa shape index (κ2) is 11.3. The third-order valence-electron chi connectivity index (χ3n) is 7.44. The molecule has 0 saturated carbocycles. The summed E-state index contributed by atoms with van der Waals surface area (Å²) in [6, 6.07) is 33.9. The van der Waals surface area contributed by atoms with Crippen LogP contribution in [0.1, 0.15) is 44.6 Å². The van der Waals surface area contributed by atoms with Crippen LogP contribution < -0.4 is 10.4 Å². The van der Waals surface area contributed by atoms with E-state index in [-0.39, 0.29) is 29.1 Å². The number of carbonyl (C=O) groups is 2. The van der Waals surface area contributed by atoms with Crippen molar-refractivity contribution < 1.29 is 9.59 Å². The number of rotatable bonds is 3. The van der Waals surface area contributed by atoms with Gasteiger partial charge in [-0.2, -0.15) is 5.26 Å². The van der Waals surface area contributed by atoms with Crippen LogP contribution in [0.25, 0.3) is 12.2 Å². The maximum absolute atomic E-state index is 14.0. The Balaban J connectivity index is 0.000000328. The fourth-order valence-corrected chi connectivity index (χ4v) is 5.62. The Morgan fingerprint density at radius 2 is 1.51 bits per heavy atom. The predicted molar refractivity (Wildman–Crippen MR) is 155 cm³/mol. The molecule has 41 heavy (non-hydrogen) atoms. The summed E-state index contributed by atoms with van der Waals surface area (Å²) < 4.78 is 0. The summed E-state index contributed by atoms with van der Waals surface area (Å²) in [4.78, 5) is 30.9. The van der Waals surface area contributed by atoms with Gasteiger partial charge in [-0.1, -0.05) is 103 Å². The van der Waals surface area contributed by atoms with Gasteiger partial charge in [0.2, 0.25) is 0 Å². The molecule has 0 spiro atoms. The van der Waals surface area contributed by atoms with Crippen LogP contribution in [0.3, 0.4) is 0 Å². The third-order valence-corrected chi connectivity index (χ3v) is 7.44. The van der Waals surface area contributed by atoms with Crippen molar-refractivity contribution in [2.75, 3.05) is 0 Å². The van der Waals surface area contributed by atoms with Gasteiger partial charge < -0.3 is 0 Å². The molecule has 2 atom stereocenters. The molecule has 7 rings (SSSR count). The van der Waals surface area contributed by atoms with E-state index in [9.17, 15) is 9.59 Å². The minimum absolute atomic E-state index is 0.0158. The number of hydrogen-bond donors (Lipinski definition) is 0. The first-order valence-electron chi connectivity index (χ1n) is 13.3. The molecule has 0 amide bonds. The standard InChI is InChI=1S/C31H22O2.C4H2N4/c32-28-19-22-13-7-8-14-24(22)25-16-15-23-18-26(21-11-5-2-6-12-21)31(33)27(29(23)30(25)28)17-20-9-3-1-4-10-20;5-1-4-2-6-3-7-8-4/h1-16,18-19,26-27H,17H2;2-3H. The maximum atomic E-state index is 14.0. The number of aromatic nitrogens is 3. The molecule has 0 bridgehead atoms. The number of fused-ring (bicyclic) bond motifs is 4. The molecular formula is C35H24N4O2. The summed E-state index contributed by atoms with van der Waals surface area (Å²) in [5.74, 6) is -0.564. The van der Waals surface area contributed by atoms with Crippen LogP contribution in [0.2, 0.25) is 0 Å². The Bertz CT molecular complexity index is 2020. The minimum atomic E-state index is -0.379. The molecule has 1 aromatic heterocycles. The van der Waals surface area contributed by atoms with Crippen LogP contribution in [0, 0.1) is 21.8 Å². The fourth-order valence-electron chi connectivity index (χ4n) is 5.62. The highest BCUT2D eigenvalue weighted by molar-refractivity contribution is 6.19. The SMILES string of the molecule is N#Cc1cncnn1.O=C1C=c2ccccc2=c2ccc3c(c21)C(Cc1ccccc1)C(=O)C(c1ccccc1)C=3. The van der Waals surface area contributed by atoms with Gasteiger partial charge in [-0.15, -0.1) is 10.2 Å². The van der Waals surface area contributed by atoms with E-state index in [1.165, 1.54) is 12.5 Å². The monoisotopic (exact) mass is 532 g/mol. The smallest absolute Gasteiger partial charge is 0.187 e. The Kier molecular flexibility index (Phi) is 7.08. The lowest BCUT2D eigenvalue weighted by Gasteiger charge is -2.28. The molecule has 0 saturated heterocycles. The highest BCUT2D eigenvalue weighted by Gasteiger charge is 2.35. The second-order valence-electron chi connectivity index (χ2n) is 9.89. The van der Waals surface area contributed by atoms with Gasteiger partial charge in [0.1, 0.15) is 12.4 Å². The predicted octanol–water partition coefficient (Wildman–Crippen LogP) is 4.17. The quantitative estimate of drug-likeness (QED) is 0.346.